The molecule has 1 saturated heterocycles. The second kappa shape index (κ2) is 3.45. The molecule has 4 heteroatoms. The van der Waals surface area contributed by atoms with E-state index in [-0.39, 0.29) is 18.1 Å². The van der Waals surface area contributed by atoms with Gasteiger partial charge in [-0.1, -0.05) is 0 Å². The van der Waals surface area contributed by atoms with E-state index in [0.29, 0.717) is 6.54 Å². The van der Waals surface area contributed by atoms with Crippen LogP contribution in [0.5, 0.6) is 0 Å². The third kappa shape index (κ3) is 1.67. The van der Waals surface area contributed by atoms with Crippen molar-refractivity contribution < 1.29 is 14.6 Å². The van der Waals surface area contributed by atoms with Gasteiger partial charge in [0.15, 0.2) is 5.79 Å². The first-order valence-corrected chi connectivity index (χ1v) is 5.27. The van der Waals surface area contributed by atoms with Gasteiger partial charge in [0, 0.05) is 12.5 Å². The van der Waals surface area contributed by atoms with E-state index in [0.717, 1.165) is 12.8 Å². The van der Waals surface area contributed by atoms with Gasteiger partial charge >= 0.3 is 0 Å². The molecule has 0 unspecified atom stereocenters. The van der Waals surface area contributed by atoms with Gasteiger partial charge in [-0.15, -0.1) is 0 Å². The van der Waals surface area contributed by atoms with Crippen molar-refractivity contribution in [3.63, 3.8) is 0 Å². The highest BCUT2D eigenvalue weighted by atomic mass is 16.8. The van der Waals surface area contributed by atoms with E-state index in [1.165, 1.54) is 0 Å². The highest BCUT2D eigenvalue weighted by Crippen LogP contribution is 2.42. The predicted molar refractivity (Wildman–Crippen MR) is 51.6 cm³/mol. The molecule has 2 aliphatic rings. The van der Waals surface area contributed by atoms with Crippen LogP contribution in [-0.2, 0) is 9.47 Å². The molecule has 0 radical (unpaired) electrons. The average Bonchev–Trinajstić information content (AvgIpc) is 2.58. The van der Waals surface area contributed by atoms with E-state index in [2.05, 4.69) is 0 Å². The number of hydrogen-bond acceptors (Lipinski definition) is 4. The summed E-state index contributed by atoms with van der Waals surface area (Å²) in [4.78, 5) is 0. The summed E-state index contributed by atoms with van der Waals surface area (Å²) in [6, 6.07) is 0. The molecule has 0 spiro atoms. The summed E-state index contributed by atoms with van der Waals surface area (Å²) in [5.41, 5.74) is 5.46. The van der Waals surface area contributed by atoms with Crippen LogP contribution in [0.3, 0.4) is 0 Å². The van der Waals surface area contributed by atoms with Crippen molar-refractivity contribution in [1.29, 1.82) is 0 Å². The van der Waals surface area contributed by atoms with Crippen LogP contribution in [0.15, 0.2) is 0 Å². The maximum absolute atomic E-state index is 9.71. The van der Waals surface area contributed by atoms with Crippen molar-refractivity contribution in [1.82, 2.24) is 0 Å². The molecule has 3 N–H and O–H groups in total. The first-order valence-electron chi connectivity index (χ1n) is 5.27. The molecule has 2 rings (SSSR count). The number of rotatable bonds is 2. The molecule has 2 fully saturated rings. The number of aliphatic hydroxyl groups excluding tert-OH is 1. The van der Waals surface area contributed by atoms with E-state index in [9.17, 15) is 5.11 Å². The Morgan fingerprint density at radius 3 is 2.79 bits per heavy atom. The summed E-state index contributed by atoms with van der Waals surface area (Å²) >= 11 is 0. The Balaban J connectivity index is 2.04. The molecule has 0 amide bonds. The molecule has 1 saturated carbocycles. The predicted octanol–water partition coefficient (Wildman–Crippen LogP) is 0.236. The van der Waals surface area contributed by atoms with Gasteiger partial charge in [-0.2, -0.15) is 0 Å². The fourth-order valence-corrected chi connectivity index (χ4v) is 2.56. The Hall–Kier alpha value is -0.160. The molecule has 0 aromatic rings. The van der Waals surface area contributed by atoms with Crippen LogP contribution < -0.4 is 5.73 Å². The minimum absolute atomic E-state index is 0.0311. The second-order valence-corrected chi connectivity index (χ2v) is 4.68. The Morgan fingerprint density at radius 1 is 1.43 bits per heavy atom. The number of nitrogens with two attached hydrogens (primary N) is 1. The molecule has 1 aliphatic carbocycles. The van der Waals surface area contributed by atoms with E-state index >= 15 is 0 Å². The Kier molecular flexibility index (Phi) is 2.55. The first-order chi connectivity index (χ1) is 6.53. The maximum atomic E-state index is 9.71. The minimum Gasteiger partial charge on any atom is -0.391 e. The molecular formula is C10H19NO3. The minimum atomic E-state index is -0.498. The van der Waals surface area contributed by atoms with Crippen molar-refractivity contribution in [2.45, 2.75) is 50.8 Å². The smallest absolute Gasteiger partial charge is 0.163 e. The molecule has 0 bridgehead atoms. The monoisotopic (exact) mass is 201 g/mol. The molecule has 0 aromatic heterocycles. The Bertz CT molecular complexity index is 219. The fourth-order valence-electron chi connectivity index (χ4n) is 2.56. The van der Waals surface area contributed by atoms with E-state index < -0.39 is 11.9 Å². The number of aliphatic hydroxyl groups is 1. The van der Waals surface area contributed by atoms with Crippen molar-refractivity contribution in [3.8, 4) is 0 Å². The second-order valence-electron chi connectivity index (χ2n) is 4.68. The van der Waals surface area contributed by atoms with Gasteiger partial charge in [0.2, 0.25) is 0 Å². The quantitative estimate of drug-likeness (QED) is 0.671. The van der Waals surface area contributed by atoms with Crippen molar-refractivity contribution in [3.05, 3.63) is 0 Å². The Morgan fingerprint density at radius 2 is 2.14 bits per heavy atom. The van der Waals surface area contributed by atoms with Gasteiger partial charge in [0.1, 0.15) is 0 Å². The van der Waals surface area contributed by atoms with E-state index in [4.69, 9.17) is 15.2 Å². The molecule has 1 heterocycles. The highest BCUT2D eigenvalue weighted by Gasteiger charge is 2.50. The zero-order valence-corrected chi connectivity index (χ0v) is 8.77. The number of hydrogen-bond donors (Lipinski definition) is 2. The average molecular weight is 201 g/mol. The van der Waals surface area contributed by atoms with Crippen LogP contribution in [0.2, 0.25) is 0 Å². The molecule has 4 nitrogen and oxygen atoms in total. The van der Waals surface area contributed by atoms with Crippen molar-refractivity contribution >= 4 is 0 Å². The summed E-state index contributed by atoms with van der Waals surface area (Å²) in [5.74, 6) is -0.353. The molecular weight excluding hydrogens is 182 g/mol. The first kappa shape index (κ1) is 10.4. The summed E-state index contributed by atoms with van der Waals surface area (Å²) in [5, 5.41) is 9.71. The summed E-state index contributed by atoms with van der Waals surface area (Å²) in [6.45, 7) is 4.13. The molecule has 0 aromatic carbocycles. The third-order valence-corrected chi connectivity index (χ3v) is 3.16. The van der Waals surface area contributed by atoms with Gasteiger partial charge in [-0.25, -0.2) is 0 Å². The maximum Gasteiger partial charge on any atom is 0.163 e. The summed E-state index contributed by atoms with van der Waals surface area (Å²) in [7, 11) is 0. The number of fused-ring (bicyclic) bond motifs is 1. The normalized spacial score (nSPS) is 42.4. The molecule has 1 aliphatic heterocycles. The van der Waals surface area contributed by atoms with Gasteiger partial charge in [0.05, 0.1) is 18.3 Å². The summed E-state index contributed by atoms with van der Waals surface area (Å²) in [6.07, 6.45) is 1.64. The lowest BCUT2D eigenvalue weighted by molar-refractivity contribution is -0.160. The van der Waals surface area contributed by atoms with Crippen molar-refractivity contribution in [2.24, 2.45) is 11.7 Å². The Labute approximate surface area is 84.4 Å². The lowest BCUT2D eigenvalue weighted by Gasteiger charge is -2.24. The summed E-state index contributed by atoms with van der Waals surface area (Å²) < 4.78 is 11.5. The molecule has 14 heavy (non-hydrogen) atoms. The van der Waals surface area contributed by atoms with Gasteiger partial charge in [0.25, 0.3) is 0 Å². The van der Waals surface area contributed by atoms with Crippen LogP contribution >= 0.6 is 0 Å². The van der Waals surface area contributed by atoms with Gasteiger partial charge in [-0.3, -0.25) is 0 Å². The van der Waals surface area contributed by atoms with Crippen molar-refractivity contribution in [2.75, 3.05) is 6.54 Å². The van der Waals surface area contributed by atoms with Gasteiger partial charge in [-0.05, 0) is 26.7 Å². The van der Waals surface area contributed by atoms with Crippen LogP contribution in [0.25, 0.3) is 0 Å². The fraction of sp³-hybridized carbons (Fsp3) is 1.00. The lowest BCUT2D eigenvalue weighted by atomic mass is 9.98. The van der Waals surface area contributed by atoms with Crippen LogP contribution in [0.4, 0.5) is 0 Å². The topological polar surface area (TPSA) is 64.7 Å². The van der Waals surface area contributed by atoms with Gasteiger partial charge < -0.3 is 20.3 Å². The lowest BCUT2D eigenvalue weighted by Crippen LogP contribution is -2.37. The van der Waals surface area contributed by atoms with E-state index in [1.54, 1.807) is 0 Å². The van der Waals surface area contributed by atoms with Crippen LogP contribution in [0, 0.1) is 5.92 Å². The van der Waals surface area contributed by atoms with E-state index in [1.807, 2.05) is 13.8 Å². The highest BCUT2D eigenvalue weighted by molar-refractivity contribution is 4.95. The largest absolute Gasteiger partial charge is 0.391 e. The van der Waals surface area contributed by atoms with Crippen LogP contribution in [-0.4, -0.2) is 35.8 Å². The zero-order valence-electron chi connectivity index (χ0n) is 8.77. The standard InChI is InChI=1S/C10H19NO3/c1-10(2)13-8-4-3-6(7(12)5-11)9(8)14-10/h6-9,12H,3-5,11H2,1-2H3/t6-,7+,8+,9-/m0/s1. The van der Waals surface area contributed by atoms with Crippen LogP contribution in [0.1, 0.15) is 26.7 Å². The SMILES string of the molecule is CC1(C)O[C@H]2[C@H]([C@H](O)CN)CC[C@H]2O1. The molecule has 4 atom stereocenters. The zero-order chi connectivity index (χ0) is 10.3. The third-order valence-electron chi connectivity index (χ3n) is 3.16. The number of ether oxygens (including phenoxy) is 2. The molecule has 82 valence electrons.